The van der Waals surface area contributed by atoms with Gasteiger partial charge in [-0.2, -0.15) is 0 Å². The second-order valence-electron chi connectivity index (χ2n) is 26.2. The number of carbonyl (C=O) groups is 4. The molecule has 3 aliphatic heterocycles. The molecule has 450 valence electrons. The van der Waals surface area contributed by atoms with Gasteiger partial charge in [0.15, 0.2) is 0 Å². The number of carbonyl (C=O) groups excluding carboxylic acids is 4. The molecule has 3 aliphatic rings. The number of ether oxygens (including phenoxy) is 2. The summed E-state index contributed by atoms with van der Waals surface area (Å²) in [6.45, 7) is 32.5. The molecule has 0 N–H and O–H groups in total. The van der Waals surface area contributed by atoms with Crippen molar-refractivity contribution in [1.82, 2.24) is 50.1 Å². The second-order valence-corrected chi connectivity index (χ2v) is 27.2. The van der Waals surface area contributed by atoms with Crippen molar-refractivity contribution < 1.29 is 46.8 Å². The standard InChI is InChI=1S/C29H42BN3O6.C27H32ClN5O4.C4H2Cl2N2/c1-26(2,3)24-32-31-23(36-24)22(34)16-18-13-14-33(25(35)37-27(4,5)6)17-19-15-20(11-12-21(18)19)30-38-28(7,8)29(9,10)39-30;1-26(2,3)23-32-31-22(36-23)21(34)14-16-10-12-33(25(35)37-27(4,5)6)15-18-13-17(7-8-19(16)18)20-9-11-29-24(28)30-20;5-3-1-2-7-4(6)8-3/h11-12,15,18H,13-14,16-17H2,1-10H3;7-9,11,13,16H,10,12,14-15H2,1-6H3;1-2H/t18-;16-;/m00./s1. The number of aromatic nitrogens is 8. The molecule has 0 spiro atoms. The van der Waals surface area contributed by atoms with Crippen LogP contribution in [0.15, 0.2) is 69.8 Å². The van der Waals surface area contributed by atoms with Gasteiger partial charge in [0.25, 0.3) is 11.8 Å². The van der Waals surface area contributed by atoms with E-state index in [4.69, 9.17) is 62.4 Å². The number of nitrogens with zero attached hydrogens (tertiary/aromatic N) is 10. The predicted octanol–water partition coefficient (Wildman–Crippen LogP) is 12.9. The lowest BCUT2D eigenvalue weighted by Gasteiger charge is -2.32. The number of benzene rings is 2. The maximum Gasteiger partial charge on any atom is 0.494 e. The van der Waals surface area contributed by atoms with Crippen LogP contribution >= 0.6 is 34.8 Å². The molecule has 20 nitrogen and oxygen atoms in total. The Bertz CT molecular complexity index is 3310. The third-order valence-corrected chi connectivity index (χ3v) is 14.8. The molecule has 0 bridgehead atoms. The highest BCUT2D eigenvalue weighted by Gasteiger charge is 2.52. The van der Waals surface area contributed by atoms with Crippen molar-refractivity contribution in [3.05, 3.63) is 122 Å². The number of hydrogen-bond donors (Lipinski definition) is 0. The molecule has 0 radical (unpaired) electrons. The average Bonchev–Trinajstić information content (AvgIpc) is 4.30. The summed E-state index contributed by atoms with van der Waals surface area (Å²) < 4.78 is 35.3. The first kappa shape index (κ1) is 65.2. The van der Waals surface area contributed by atoms with Crippen LogP contribution in [-0.4, -0.2) is 116 Å². The van der Waals surface area contributed by atoms with E-state index < -0.39 is 35.6 Å². The normalized spacial score (nSPS) is 17.7. The molecular formula is C60H76BCl3N10O10. The van der Waals surface area contributed by atoms with E-state index in [1.807, 2.05) is 147 Å². The van der Waals surface area contributed by atoms with Gasteiger partial charge in [0.1, 0.15) is 16.4 Å². The Balaban J connectivity index is 0.000000213. The highest BCUT2D eigenvalue weighted by molar-refractivity contribution is 6.62. The summed E-state index contributed by atoms with van der Waals surface area (Å²) in [5, 5.41) is 16.8. The zero-order valence-electron chi connectivity index (χ0n) is 50.9. The molecule has 4 aromatic heterocycles. The third-order valence-electron chi connectivity index (χ3n) is 14.2. The Labute approximate surface area is 507 Å². The molecule has 0 aliphatic carbocycles. The van der Waals surface area contributed by atoms with E-state index >= 15 is 0 Å². The van der Waals surface area contributed by atoms with E-state index in [1.54, 1.807) is 28.1 Å². The fraction of sp³-hybridized carbons (Fsp3) is 0.533. The molecule has 24 heteroatoms. The number of amides is 2. The van der Waals surface area contributed by atoms with E-state index in [0.29, 0.717) is 61.6 Å². The van der Waals surface area contributed by atoms with Gasteiger partial charge in [0, 0.05) is 67.8 Å². The molecule has 84 heavy (non-hydrogen) atoms. The van der Waals surface area contributed by atoms with Crippen LogP contribution in [0.2, 0.25) is 15.7 Å². The van der Waals surface area contributed by atoms with Crippen LogP contribution in [0.4, 0.5) is 9.59 Å². The molecule has 1 saturated heterocycles. The number of rotatable bonds is 8. The van der Waals surface area contributed by atoms with Gasteiger partial charge in [-0.1, -0.05) is 83.5 Å². The van der Waals surface area contributed by atoms with Crippen molar-refractivity contribution in [1.29, 1.82) is 0 Å². The Kier molecular flexibility index (Phi) is 19.9. The van der Waals surface area contributed by atoms with Crippen molar-refractivity contribution in [2.45, 2.75) is 195 Å². The van der Waals surface area contributed by atoms with Gasteiger partial charge in [0.2, 0.25) is 33.9 Å². The van der Waals surface area contributed by atoms with Gasteiger partial charge in [-0.15, -0.1) is 20.4 Å². The first-order valence-corrected chi connectivity index (χ1v) is 29.0. The monoisotopic (exact) mass is 1210 g/mol. The second kappa shape index (κ2) is 25.7. The van der Waals surface area contributed by atoms with Gasteiger partial charge in [-0.05, 0) is 163 Å². The average molecular weight is 1210 g/mol. The Hall–Kier alpha value is -6.39. The van der Waals surface area contributed by atoms with Crippen molar-refractivity contribution in [2.24, 2.45) is 0 Å². The predicted molar refractivity (Wildman–Crippen MR) is 319 cm³/mol. The fourth-order valence-corrected chi connectivity index (χ4v) is 9.66. The fourth-order valence-electron chi connectivity index (χ4n) is 9.19. The summed E-state index contributed by atoms with van der Waals surface area (Å²) in [6, 6.07) is 15.3. The van der Waals surface area contributed by atoms with Crippen molar-refractivity contribution in [3.8, 4) is 11.3 Å². The summed E-state index contributed by atoms with van der Waals surface area (Å²) in [5.74, 6) is 0.137. The smallest absolute Gasteiger partial charge is 0.444 e. The summed E-state index contributed by atoms with van der Waals surface area (Å²) in [6.07, 6.45) is 3.86. The molecular weight excluding hydrogens is 1140 g/mol. The van der Waals surface area contributed by atoms with Gasteiger partial charge < -0.3 is 37.4 Å². The van der Waals surface area contributed by atoms with Crippen molar-refractivity contribution >= 4 is 71.1 Å². The van der Waals surface area contributed by atoms with E-state index in [0.717, 1.165) is 33.3 Å². The quantitative estimate of drug-likeness (QED) is 0.0595. The van der Waals surface area contributed by atoms with Crippen LogP contribution in [0.25, 0.3) is 11.3 Å². The lowest BCUT2D eigenvalue weighted by Crippen LogP contribution is -2.41. The minimum Gasteiger partial charge on any atom is -0.444 e. The molecule has 9 rings (SSSR count). The van der Waals surface area contributed by atoms with Crippen LogP contribution in [0.1, 0.15) is 204 Å². The van der Waals surface area contributed by atoms with E-state index in [1.165, 1.54) is 6.20 Å². The Morgan fingerprint density at radius 3 is 1.44 bits per heavy atom. The van der Waals surface area contributed by atoms with Crippen molar-refractivity contribution in [2.75, 3.05) is 13.1 Å². The minimum absolute atomic E-state index is 0.00645. The number of fused-ring (bicyclic) bond motifs is 2. The number of hydrogen-bond acceptors (Lipinski definition) is 18. The summed E-state index contributed by atoms with van der Waals surface area (Å²) in [7, 11) is -0.534. The summed E-state index contributed by atoms with van der Waals surface area (Å²) in [5.41, 5.74) is 3.33. The largest absolute Gasteiger partial charge is 0.494 e. The minimum atomic E-state index is -0.621. The van der Waals surface area contributed by atoms with Gasteiger partial charge in [-0.25, -0.2) is 29.5 Å². The Morgan fingerprint density at radius 2 is 1.04 bits per heavy atom. The van der Waals surface area contributed by atoms with Gasteiger partial charge in [0.05, 0.1) is 16.9 Å². The zero-order valence-corrected chi connectivity index (χ0v) is 53.1. The number of halogens is 3. The van der Waals surface area contributed by atoms with Crippen LogP contribution in [0.5, 0.6) is 0 Å². The molecule has 2 amide bonds. The maximum absolute atomic E-state index is 13.3. The SMILES string of the molecule is CC(C)(C)OC(=O)N1CC[C@@H](CC(=O)c2nnc(C(C)(C)C)o2)c2ccc(-c3ccnc(Cl)n3)cc2C1.CC(C)(C)OC(=O)N1CC[C@@H](CC(=O)c2nnc(C(C)(C)C)o2)c2ccc(B3OC(C)(C)C(C)(C)O3)cc2C1.Clc1ccnc(Cl)n1. The molecule has 2 atom stereocenters. The molecule has 0 saturated carbocycles. The molecule has 6 aromatic rings. The van der Waals surface area contributed by atoms with Crippen molar-refractivity contribution in [3.63, 3.8) is 0 Å². The first-order chi connectivity index (χ1) is 38.9. The van der Waals surface area contributed by atoms with Crippen LogP contribution < -0.4 is 5.46 Å². The number of Topliss-reactive ketones (excluding diaryl/α,β-unsaturated/α-hetero) is 2. The first-order valence-electron chi connectivity index (χ1n) is 27.9. The topological polar surface area (TPSA) is 241 Å². The highest BCUT2D eigenvalue weighted by Crippen LogP contribution is 2.39. The molecule has 1 fully saturated rings. The zero-order chi connectivity index (χ0) is 61.9. The Morgan fingerprint density at radius 1 is 0.595 bits per heavy atom. The van der Waals surface area contributed by atoms with Crippen LogP contribution in [0, 0.1) is 0 Å². The molecule has 2 aromatic carbocycles. The van der Waals surface area contributed by atoms with E-state index in [2.05, 4.69) is 40.3 Å². The maximum atomic E-state index is 13.3. The highest BCUT2D eigenvalue weighted by atomic mass is 35.5. The molecule has 0 unspecified atom stereocenters. The number of ketones is 2. The third kappa shape index (κ3) is 17.2. The lowest BCUT2D eigenvalue weighted by molar-refractivity contribution is 0.00578. The molecule has 7 heterocycles. The van der Waals surface area contributed by atoms with E-state index in [-0.39, 0.29) is 75.5 Å². The summed E-state index contributed by atoms with van der Waals surface area (Å²) in [4.78, 5) is 71.4. The van der Waals surface area contributed by atoms with Gasteiger partial charge in [-0.3, -0.25) is 9.59 Å². The van der Waals surface area contributed by atoms with Crippen LogP contribution in [-0.2, 0) is 42.7 Å². The lowest BCUT2D eigenvalue weighted by atomic mass is 9.76. The van der Waals surface area contributed by atoms with E-state index in [9.17, 15) is 19.2 Å². The van der Waals surface area contributed by atoms with Gasteiger partial charge >= 0.3 is 19.3 Å². The summed E-state index contributed by atoms with van der Waals surface area (Å²) >= 11 is 16.8. The van der Waals surface area contributed by atoms with Crippen LogP contribution in [0.3, 0.4) is 0 Å².